The van der Waals surface area contributed by atoms with Crippen LogP contribution in [-0.2, 0) is 11.2 Å². The van der Waals surface area contributed by atoms with Crippen LogP contribution in [0.25, 0.3) is 0 Å². The summed E-state index contributed by atoms with van der Waals surface area (Å²) in [6.07, 6.45) is 4.98. The SMILES string of the molecule is CC1(C)CC(CNC(=O)CCCc2nccs2)c2ccccc2O1. The van der Waals surface area contributed by atoms with Gasteiger partial charge in [-0.25, -0.2) is 4.98 Å². The molecule has 0 fully saturated rings. The summed E-state index contributed by atoms with van der Waals surface area (Å²) >= 11 is 1.65. The van der Waals surface area contributed by atoms with E-state index in [1.54, 1.807) is 11.3 Å². The third-order valence-electron chi connectivity index (χ3n) is 4.31. The second-order valence-electron chi connectivity index (χ2n) is 6.88. The molecular weight excluding hydrogens is 320 g/mol. The summed E-state index contributed by atoms with van der Waals surface area (Å²) in [7, 11) is 0. The fourth-order valence-corrected chi connectivity index (χ4v) is 3.90. The van der Waals surface area contributed by atoms with Crippen molar-refractivity contribution in [3.63, 3.8) is 0 Å². The molecule has 24 heavy (non-hydrogen) atoms. The minimum absolute atomic E-state index is 0.119. The molecule has 0 aliphatic carbocycles. The van der Waals surface area contributed by atoms with Crippen LogP contribution in [0.2, 0.25) is 0 Å². The number of nitrogens with zero attached hydrogens (tertiary/aromatic N) is 1. The van der Waals surface area contributed by atoms with Gasteiger partial charge in [0.15, 0.2) is 0 Å². The number of fused-ring (bicyclic) bond motifs is 1. The smallest absolute Gasteiger partial charge is 0.220 e. The van der Waals surface area contributed by atoms with E-state index in [1.807, 2.05) is 29.8 Å². The third-order valence-corrected chi connectivity index (χ3v) is 5.15. The van der Waals surface area contributed by atoms with Crippen LogP contribution in [0.1, 0.15) is 49.6 Å². The Kier molecular flexibility index (Phi) is 5.19. The fraction of sp³-hybridized carbons (Fsp3) is 0.474. The molecule has 2 aromatic rings. The van der Waals surface area contributed by atoms with Crippen molar-refractivity contribution in [2.45, 2.75) is 51.0 Å². The second-order valence-corrected chi connectivity index (χ2v) is 7.86. The Hall–Kier alpha value is -1.88. The van der Waals surface area contributed by atoms with Crippen LogP contribution in [0.4, 0.5) is 0 Å². The summed E-state index contributed by atoms with van der Waals surface area (Å²) in [5.41, 5.74) is 0.995. The van der Waals surface area contributed by atoms with Crippen molar-refractivity contribution in [1.82, 2.24) is 10.3 Å². The van der Waals surface area contributed by atoms with Gasteiger partial charge in [-0.2, -0.15) is 0 Å². The molecule has 3 rings (SSSR count). The number of carbonyl (C=O) groups excluding carboxylic acids is 1. The molecular formula is C19H24N2O2S. The lowest BCUT2D eigenvalue weighted by Crippen LogP contribution is -2.39. The molecule has 5 heteroatoms. The maximum atomic E-state index is 12.1. The fourth-order valence-electron chi connectivity index (χ4n) is 3.24. The summed E-state index contributed by atoms with van der Waals surface area (Å²) in [5.74, 6) is 1.36. The number of ether oxygens (including phenoxy) is 1. The number of hydrogen-bond donors (Lipinski definition) is 1. The number of carbonyl (C=O) groups is 1. The predicted octanol–water partition coefficient (Wildman–Crippen LogP) is 3.93. The molecule has 4 nitrogen and oxygen atoms in total. The number of hydrogen-bond acceptors (Lipinski definition) is 4. The molecule has 1 amide bonds. The number of aryl methyl sites for hydroxylation is 1. The first kappa shape index (κ1) is 17.0. The van der Waals surface area contributed by atoms with Gasteiger partial charge in [-0.1, -0.05) is 18.2 Å². The monoisotopic (exact) mass is 344 g/mol. The van der Waals surface area contributed by atoms with Crippen molar-refractivity contribution in [3.8, 4) is 5.75 Å². The summed E-state index contributed by atoms with van der Waals surface area (Å²) < 4.78 is 6.04. The van der Waals surface area contributed by atoms with Crippen LogP contribution in [0.5, 0.6) is 5.75 Å². The van der Waals surface area contributed by atoms with E-state index in [0.717, 1.165) is 30.0 Å². The van der Waals surface area contributed by atoms with Crippen molar-refractivity contribution in [2.75, 3.05) is 6.54 Å². The van der Waals surface area contributed by atoms with Gasteiger partial charge in [0.05, 0.1) is 5.01 Å². The zero-order valence-electron chi connectivity index (χ0n) is 14.2. The molecule has 1 N–H and O–H groups in total. The topological polar surface area (TPSA) is 51.2 Å². The molecule has 1 atom stereocenters. The maximum absolute atomic E-state index is 12.1. The van der Waals surface area contributed by atoms with Gasteiger partial charge in [0.25, 0.3) is 0 Å². The Balaban J connectivity index is 1.51. The van der Waals surface area contributed by atoms with E-state index in [9.17, 15) is 4.79 Å². The lowest BCUT2D eigenvalue weighted by atomic mass is 9.84. The van der Waals surface area contributed by atoms with Gasteiger partial charge in [-0.05, 0) is 44.7 Å². The van der Waals surface area contributed by atoms with Crippen molar-refractivity contribution in [3.05, 3.63) is 46.4 Å². The van der Waals surface area contributed by atoms with Crippen LogP contribution < -0.4 is 10.1 Å². The first-order chi connectivity index (χ1) is 11.5. The van der Waals surface area contributed by atoms with Crippen molar-refractivity contribution in [1.29, 1.82) is 0 Å². The lowest BCUT2D eigenvalue weighted by molar-refractivity contribution is -0.121. The Labute approximate surface area is 147 Å². The second kappa shape index (κ2) is 7.34. The highest BCUT2D eigenvalue weighted by atomic mass is 32.1. The Morgan fingerprint density at radius 1 is 1.42 bits per heavy atom. The molecule has 1 aromatic heterocycles. The molecule has 1 unspecified atom stereocenters. The highest BCUT2D eigenvalue weighted by molar-refractivity contribution is 7.09. The zero-order chi connectivity index (χ0) is 17.0. The van der Waals surface area contributed by atoms with Crippen LogP contribution >= 0.6 is 11.3 Å². The number of amides is 1. The van der Waals surface area contributed by atoms with E-state index in [2.05, 4.69) is 30.2 Å². The van der Waals surface area contributed by atoms with E-state index in [0.29, 0.717) is 18.9 Å². The van der Waals surface area contributed by atoms with Crippen molar-refractivity contribution < 1.29 is 9.53 Å². The standard InChI is InChI=1S/C19H24N2O2S/c1-19(2)12-14(15-6-3-4-7-16(15)23-19)13-21-17(22)8-5-9-18-20-10-11-24-18/h3-4,6-7,10-11,14H,5,8-9,12-13H2,1-2H3,(H,21,22). The van der Waals surface area contributed by atoms with Crippen LogP contribution in [0.15, 0.2) is 35.8 Å². The summed E-state index contributed by atoms with van der Waals surface area (Å²) in [5, 5.41) is 6.17. The van der Waals surface area contributed by atoms with Gasteiger partial charge in [-0.3, -0.25) is 4.79 Å². The molecule has 128 valence electrons. The first-order valence-electron chi connectivity index (χ1n) is 8.46. The number of nitrogens with one attached hydrogen (secondary N) is 1. The normalized spacial score (nSPS) is 18.5. The number of benzene rings is 1. The van der Waals surface area contributed by atoms with E-state index >= 15 is 0 Å². The van der Waals surface area contributed by atoms with E-state index in [4.69, 9.17) is 4.74 Å². The third kappa shape index (κ3) is 4.35. The van der Waals surface area contributed by atoms with Gasteiger partial charge in [0, 0.05) is 30.5 Å². The highest BCUT2D eigenvalue weighted by Gasteiger charge is 2.33. The molecule has 0 bridgehead atoms. The number of rotatable bonds is 6. The quantitative estimate of drug-likeness (QED) is 0.864. The largest absolute Gasteiger partial charge is 0.488 e. The highest BCUT2D eigenvalue weighted by Crippen LogP contribution is 2.40. The zero-order valence-corrected chi connectivity index (χ0v) is 15.1. The van der Waals surface area contributed by atoms with Gasteiger partial charge in [-0.15, -0.1) is 11.3 Å². The molecule has 1 aliphatic heterocycles. The molecule has 0 saturated carbocycles. The minimum atomic E-state index is -0.200. The van der Waals surface area contributed by atoms with Gasteiger partial charge in [0.1, 0.15) is 11.4 Å². The van der Waals surface area contributed by atoms with Gasteiger partial charge < -0.3 is 10.1 Å². The molecule has 1 aromatic carbocycles. The van der Waals surface area contributed by atoms with Gasteiger partial charge >= 0.3 is 0 Å². The summed E-state index contributed by atoms with van der Waals surface area (Å²) in [6.45, 7) is 4.87. The molecule has 0 spiro atoms. The van der Waals surface area contributed by atoms with Gasteiger partial charge in [0.2, 0.25) is 5.91 Å². The summed E-state index contributed by atoms with van der Waals surface area (Å²) in [6, 6.07) is 8.14. The van der Waals surface area contributed by atoms with E-state index in [1.165, 1.54) is 5.56 Å². The Morgan fingerprint density at radius 2 is 2.25 bits per heavy atom. The molecule has 1 aliphatic rings. The average Bonchev–Trinajstić information content (AvgIpc) is 3.05. The van der Waals surface area contributed by atoms with Crippen molar-refractivity contribution in [2.24, 2.45) is 0 Å². The Morgan fingerprint density at radius 3 is 3.04 bits per heavy atom. The Bertz CT molecular complexity index is 682. The molecule has 0 saturated heterocycles. The molecule has 2 heterocycles. The maximum Gasteiger partial charge on any atom is 0.220 e. The summed E-state index contributed by atoms with van der Waals surface area (Å²) in [4.78, 5) is 16.4. The van der Waals surface area contributed by atoms with Crippen molar-refractivity contribution >= 4 is 17.2 Å². The van der Waals surface area contributed by atoms with Crippen LogP contribution in [0.3, 0.4) is 0 Å². The van der Waals surface area contributed by atoms with Crippen LogP contribution in [-0.4, -0.2) is 23.0 Å². The number of aromatic nitrogens is 1. The minimum Gasteiger partial charge on any atom is -0.488 e. The molecule has 0 radical (unpaired) electrons. The number of thiazole rings is 1. The average molecular weight is 344 g/mol. The van der Waals surface area contributed by atoms with E-state index < -0.39 is 0 Å². The lowest BCUT2D eigenvalue weighted by Gasteiger charge is -2.37. The first-order valence-corrected chi connectivity index (χ1v) is 9.34. The number of para-hydroxylation sites is 1. The van der Waals surface area contributed by atoms with Crippen LogP contribution in [0, 0.1) is 0 Å². The van der Waals surface area contributed by atoms with E-state index in [-0.39, 0.29) is 11.5 Å². The predicted molar refractivity (Wildman–Crippen MR) is 96.6 cm³/mol.